The van der Waals surface area contributed by atoms with Crippen molar-refractivity contribution in [2.75, 3.05) is 0 Å². The van der Waals surface area contributed by atoms with E-state index in [4.69, 9.17) is 5.73 Å². The number of aromatic nitrogens is 3. The minimum absolute atomic E-state index is 0.223. The van der Waals surface area contributed by atoms with E-state index in [9.17, 15) is 0 Å². The Morgan fingerprint density at radius 3 is 2.88 bits per heavy atom. The van der Waals surface area contributed by atoms with E-state index < -0.39 is 0 Å². The van der Waals surface area contributed by atoms with Crippen LogP contribution in [0.1, 0.15) is 24.5 Å². The fourth-order valence-corrected chi connectivity index (χ4v) is 1.81. The molecule has 0 spiro atoms. The van der Waals surface area contributed by atoms with Crippen LogP contribution in [0.5, 0.6) is 0 Å². The highest BCUT2D eigenvalue weighted by Crippen LogP contribution is 2.16. The lowest BCUT2D eigenvalue weighted by atomic mass is 10.0. The minimum atomic E-state index is 0.223. The zero-order valence-electron chi connectivity index (χ0n) is 10.3. The molecule has 0 amide bonds. The van der Waals surface area contributed by atoms with Gasteiger partial charge in [-0.05, 0) is 37.0 Å². The quantitative estimate of drug-likeness (QED) is 0.872. The van der Waals surface area contributed by atoms with Crippen molar-refractivity contribution in [3.8, 4) is 5.69 Å². The van der Waals surface area contributed by atoms with Crippen molar-refractivity contribution in [3.63, 3.8) is 0 Å². The van der Waals surface area contributed by atoms with Crippen molar-refractivity contribution in [2.45, 2.75) is 32.7 Å². The Bertz CT molecular complexity index is 476. The third-order valence-electron chi connectivity index (χ3n) is 2.96. The third-order valence-corrected chi connectivity index (χ3v) is 2.96. The monoisotopic (exact) mass is 230 g/mol. The number of hydrogen-bond acceptors (Lipinski definition) is 3. The molecule has 1 aromatic heterocycles. The zero-order chi connectivity index (χ0) is 12.3. The summed E-state index contributed by atoms with van der Waals surface area (Å²) in [6.07, 6.45) is 5.15. The largest absolute Gasteiger partial charge is 0.327 e. The highest BCUT2D eigenvalue weighted by Gasteiger charge is 2.06. The molecule has 0 bridgehead atoms. The molecule has 90 valence electrons. The Kier molecular flexibility index (Phi) is 3.54. The van der Waals surface area contributed by atoms with Gasteiger partial charge < -0.3 is 5.73 Å². The number of nitrogens with zero attached hydrogens (tertiary/aromatic N) is 3. The summed E-state index contributed by atoms with van der Waals surface area (Å²) in [5.74, 6) is 0. The third kappa shape index (κ3) is 2.71. The van der Waals surface area contributed by atoms with Gasteiger partial charge in [0.25, 0.3) is 0 Å². The molecule has 0 saturated heterocycles. The van der Waals surface area contributed by atoms with Gasteiger partial charge in [-0.15, -0.1) is 0 Å². The second kappa shape index (κ2) is 5.10. The van der Waals surface area contributed by atoms with Gasteiger partial charge in [0.05, 0.1) is 5.69 Å². The van der Waals surface area contributed by atoms with Gasteiger partial charge in [-0.25, -0.2) is 9.67 Å². The predicted octanol–water partition coefficient (Wildman–Crippen LogP) is 1.86. The summed E-state index contributed by atoms with van der Waals surface area (Å²) in [4.78, 5) is 3.97. The molecule has 17 heavy (non-hydrogen) atoms. The van der Waals surface area contributed by atoms with E-state index in [1.807, 2.05) is 0 Å². The van der Waals surface area contributed by atoms with E-state index in [0.29, 0.717) is 0 Å². The number of nitrogens with two attached hydrogens (primary N) is 1. The maximum atomic E-state index is 5.98. The smallest absolute Gasteiger partial charge is 0.138 e. The Morgan fingerprint density at radius 1 is 1.41 bits per heavy atom. The lowest BCUT2D eigenvalue weighted by Gasteiger charge is -2.11. The van der Waals surface area contributed by atoms with E-state index in [0.717, 1.165) is 18.5 Å². The van der Waals surface area contributed by atoms with E-state index in [-0.39, 0.29) is 6.04 Å². The molecule has 2 rings (SSSR count). The van der Waals surface area contributed by atoms with Crippen LogP contribution >= 0.6 is 0 Å². The van der Waals surface area contributed by atoms with Crippen molar-refractivity contribution in [1.29, 1.82) is 0 Å². The standard InChI is InChI=1S/C13H18N4/c1-3-12(14)6-11-5-4-10(2)13(7-11)17-9-15-8-16-17/h4-5,7-9,12H,3,6,14H2,1-2H3. The molecule has 0 aliphatic heterocycles. The minimum Gasteiger partial charge on any atom is -0.327 e. The average molecular weight is 230 g/mol. The first-order chi connectivity index (χ1) is 8.20. The molecule has 1 aromatic carbocycles. The summed E-state index contributed by atoms with van der Waals surface area (Å²) >= 11 is 0. The normalized spacial score (nSPS) is 12.6. The van der Waals surface area contributed by atoms with E-state index >= 15 is 0 Å². The summed E-state index contributed by atoms with van der Waals surface area (Å²) in [6.45, 7) is 4.18. The fourth-order valence-electron chi connectivity index (χ4n) is 1.81. The van der Waals surface area contributed by atoms with Crippen LogP contribution in [0.4, 0.5) is 0 Å². The molecule has 1 heterocycles. The average Bonchev–Trinajstić information content (AvgIpc) is 2.85. The summed E-state index contributed by atoms with van der Waals surface area (Å²) in [5.41, 5.74) is 9.48. The molecule has 4 nitrogen and oxygen atoms in total. The molecule has 2 N–H and O–H groups in total. The van der Waals surface area contributed by atoms with Crippen LogP contribution in [-0.2, 0) is 6.42 Å². The molecule has 2 aromatic rings. The SMILES string of the molecule is CCC(N)Cc1ccc(C)c(-n2cncn2)c1. The van der Waals surface area contributed by atoms with Crippen molar-refractivity contribution in [2.24, 2.45) is 5.73 Å². The van der Waals surface area contributed by atoms with Gasteiger partial charge in [-0.2, -0.15) is 5.10 Å². The molecule has 0 fully saturated rings. The van der Waals surface area contributed by atoms with Crippen molar-refractivity contribution >= 4 is 0 Å². The lowest BCUT2D eigenvalue weighted by molar-refractivity contribution is 0.646. The molecule has 0 aliphatic carbocycles. The van der Waals surface area contributed by atoms with Crippen molar-refractivity contribution < 1.29 is 0 Å². The molecule has 1 unspecified atom stereocenters. The van der Waals surface area contributed by atoms with Crippen LogP contribution in [0.3, 0.4) is 0 Å². The molecule has 0 aliphatic rings. The second-order valence-electron chi connectivity index (χ2n) is 4.33. The summed E-state index contributed by atoms with van der Waals surface area (Å²) in [7, 11) is 0. The first-order valence-electron chi connectivity index (χ1n) is 5.90. The molecule has 1 atom stereocenters. The Balaban J connectivity index is 2.30. The number of benzene rings is 1. The lowest BCUT2D eigenvalue weighted by Crippen LogP contribution is -2.21. The van der Waals surface area contributed by atoms with Crippen LogP contribution < -0.4 is 5.73 Å². The van der Waals surface area contributed by atoms with E-state index in [1.165, 1.54) is 11.1 Å². The zero-order valence-corrected chi connectivity index (χ0v) is 10.3. The summed E-state index contributed by atoms with van der Waals surface area (Å²) < 4.78 is 1.79. The van der Waals surface area contributed by atoms with Gasteiger partial charge in [-0.1, -0.05) is 19.1 Å². The van der Waals surface area contributed by atoms with Gasteiger partial charge in [0, 0.05) is 6.04 Å². The number of aryl methyl sites for hydroxylation is 1. The number of rotatable bonds is 4. The molecule has 0 saturated carbocycles. The highest BCUT2D eigenvalue weighted by atomic mass is 15.3. The fraction of sp³-hybridized carbons (Fsp3) is 0.385. The van der Waals surface area contributed by atoms with Gasteiger partial charge >= 0.3 is 0 Å². The topological polar surface area (TPSA) is 56.7 Å². The van der Waals surface area contributed by atoms with Crippen LogP contribution in [0.25, 0.3) is 5.69 Å². The first kappa shape index (κ1) is 11.8. The summed E-state index contributed by atoms with van der Waals surface area (Å²) in [6, 6.07) is 6.60. The van der Waals surface area contributed by atoms with Gasteiger partial charge in [0.1, 0.15) is 12.7 Å². The highest BCUT2D eigenvalue weighted by molar-refractivity contribution is 5.42. The van der Waals surface area contributed by atoms with Gasteiger partial charge in [-0.3, -0.25) is 0 Å². The number of hydrogen-bond donors (Lipinski definition) is 1. The van der Waals surface area contributed by atoms with Crippen LogP contribution in [0.15, 0.2) is 30.9 Å². The van der Waals surface area contributed by atoms with Crippen LogP contribution in [0.2, 0.25) is 0 Å². The van der Waals surface area contributed by atoms with Crippen LogP contribution in [-0.4, -0.2) is 20.8 Å². The first-order valence-corrected chi connectivity index (χ1v) is 5.90. The summed E-state index contributed by atoms with van der Waals surface area (Å²) in [5, 5.41) is 4.16. The second-order valence-corrected chi connectivity index (χ2v) is 4.33. The van der Waals surface area contributed by atoms with Gasteiger partial charge in [0.2, 0.25) is 0 Å². The molecular formula is C13H18N4. The maximum absolute atomic E-state index is 5.98. The Labute approximate surface area is 101 Å². The Morgan fingerprint density at radius 2 is 2.24 bits per heavy atom. The molecule has 4 heteroatoms. The van der Waals surface area contributed by atoms with Crippen LogP contribution in [0, 0.1) is 6.92 Å². The van der Waals surface area contributed by atoms with Crippen molar-refractivity contribution in [3.05, 3.63) is 42.0 Å². The van der Waals surface area contributed by atoms with Crippen molar-refractivity contribution in [1.82, 2.24) is 14.8 Å². The van der Waals surface area contributed by atoms with Gasteiger partial charge in [0.15, 0.2) is 0 Å². The van der Waals surface area contributed by atoms with E-state index in [2.05, 4.69) is 42.1 Å². The predicted molar refractivity (Wildman–Crippen MR) is 68.1 cm³/mol. The van der Waals surface area contributed by atoms with E-state index in [1.54, 1.807) is 17.3 Å². The molecule has 0 radical (unpaired) electrons. The maximum Gasteiger partial charge on any atom is 0.138 e. The Hall–Kier alpha value is -1.68. The molecular weight excluding hydrogens is 212 g/mol.